The molecule has 2 rings (SSSR count). The third-order valence-corrected chi connectivity index (χ3v) is 4.29. The zero-order valence-corrected chi connectivity index (χ0v) is 12.3. The molecule has 2 aromatic heterocycles. The van der Waals surface area contributed by atoms with E-state index >= 15 is 0 Å². The number of thiazole rings is 1. The SMILES string of the molecule is CCC(O)CNC(=O)Cc1csc(-c2ccsc2)n1. The summed E-state index contributed by atoms with van der Waals surface area (Å²) in [5, 5.41) is 19.0. The second kappa shape index (κ2) is 6.79. The van der Waals surface area contributed by atoms with Crippen LogP contribution >= 0.6 is 22.7 Å². The van der Waals surface area contributed by atoms with Crippen molar-refractivity contribution in [3.05, 3.63) is 27.9 Å². The number of carbonyl (C=O) groups is 1. The minimum atomic E-state index is -0.472. The maximum atomic E-state index is 11.7. The molecule has 1 unspecified atom stereocenters. The lowest BCUT2D eigenvalue weighted by Crippen LogP contribution is -2.32. The standard InChI is InChI=1S/C13H16N2O2S2/c1-2-11(16)6-14-12(17)5-10-8-19-13(15-10)9-3-4-18-7-9/h3-4,7-8,11,16H,2,5-6H2,1H3,(H,14,17). The molecule has 0 aromatic carbocycles. The van der Waals surface area contributed by atoms with Gasteiger partial charge >= 0.3 is 0 Å². The van der Waals surface area contributed by atoms with Crippen molar-refractivity contribution in [2.75, 3.05) is 6.54 Å². The van der Waals surface area contributed by atoms with Gasteiger partial charge in [-0.05, 0) is 17.9 Å². The predicted octanol–water partition coefficient (Wildman–Crippen LogP) is 2.30. The fourth-order valence-electron chi connectivity index (χ4n) is 1.51. The lowest BCUT2D eigenvalue weighted by molar-refractivity contribution is -0.120. The van der Waals surface area contributed by atoms with Gasteiger partial charge in [0, 0.05) is 22.9 Å². The van der Waals surface area contributed by atoms with Gasteiger partial charge in [-0.3, -0.25) is 4.79 Å². The first kappa shape index (κ1) is 14.2. The molecule has 0 aliphatic rings. The monoisotopic (exact) mass is 296 g/mol. The van der Waals surface area contributed by atoms with Gasteiger partial charge < -0.3 is 10.4 Å². The van der Waals surface area contributed by atoms with Crippen LogP contribution in [-0.4, -0.2) is 28.6 Å². The van der Waals surface area contributed by atoms with Crippen molar-refractivity contribution in [1.82, 2.24) is 10.3 Å². The Labute approximate surface area is 120 Å². The van der Waals surface area contributed by atoms with E-state index in [1.165, 1.54) is 0 Å². The normalized spacial score (nSPS) is 12.3. The molecule has 0 saturated heterocycles. The van der Waals surface area contributed by atoms with Crippen molar-refractivity contribution < 1.29 is 9.90 Å². The molecule has 2 aromatic rings. The Morgan fingerprint density at radius 1 is 1.53 bits per heavy atom. The summed E-state index contributed by atoms with van der Waals surface area (Å²) in [6, 6.07) is 2.02. The topological polar surface area (TPSA) is 62.2 Å². The number of nitrogens with zero attached hydrogens (tertiary/aromatic N) is 1. The first-order chi connectivity index (χ1) is 9.19. The summed E-state index contributed by atoms with van der Waals surface area (Å²) < 4.78 is 0. The first-order valence-electron chi connectivity index (χ1n) is 6.10. The summed E-state index contributed by atoms with van der Waals surface area (Å²) in [7, 11) is 0. The van der Waals surface area contributed by atoms with E-state index in [0.717, 1.165) is 16.3 Å². The number of rotatable bonds is 6. The lowest BCUT2D eigenvalue weighted by atomic mass is 10.2. The summed E-state index contributed by atoms with van der Waals surface area (Å²) in [6.07, 6.45) is 0.428. The predicted molar refractivity (Wildman–Crippen MR) is 78.4 cm³/mol. The molecule has 6 heteroatoms. The Morgan fingerprint density at radius 2 is 2.37 bits per heavy atom. The van der Waals surface area contributed by atoms with Gasteiger partial charge in [0.05, 0.1) is 18.2 Å². The molecule has 2 heterocycles. The summed E-state index contributed by atoms with van der Waals surface area (Å²) in [6.45, 7) is 2.18. The third-order valence-electron chi connectivity index (χ3n) is 2.67. The number of carbonyl (C=O) groups excluding carboxylic acids is 1. The van der Waals surface area contributed by atoms with Crippen molar-refractivity contribution in [2.45, 2.75) is 25.9 Å². The van der Waals surface area contributed by atoms with Crippen LogP contribution in [-0.2, 0) is 11.2 Å². The molecule has 1 amide bonds. The van der Waals surface area contributed by atoms with E-state index in [4.69, 9.17) is 0 Å². The molecule has 2 N–H and O–H groups in total. The second-order valence-corrected chi connectivity index (χ2v) is 5.84. The maximum absolute atomic E-state index is 11.7. The van der Waals surface area contributed by atoms with Gasteiger partial charge in [-0.1, -0.05) is 6.92 Å². The van der Waals surface area contributed by atoms with Gasteiger partial charge in [-0.25, -0.2) is 4.98 Å². The Morgan fingerprint density at radius 3 is 3.05 bits per heavy atom. The number of nitrogens with one attached hydrogen (secondary N) is 1. The minimum absolute atomic E-state index is 0.102. The maximum Gasteiger partial charge on any atom is 0.226 e. The quantitative estimate of drug-likeness (QED) is 0.860. The summed E-state index contributed by atoms with van der Waals surface area (Å²) in [4.78, 5) is 16.1. The zero-order chi connectivity index (χ0) is 13.7. The van der Waals surface area contributed by atoms with Crippen molar-refractivity contribution in [2.24, 2.45) is 0 Å². The van der Waals surface area contributed by atoms with Crippen molar-refractivity contribution in [3.63, 3.8) is 0 Å². The van der Waals surface area contributed by atoms with E-state index in [9.17, 15) is 9.90 Å². The number of aliphatic hydroxyl groups excluding tert-OH is 1. The fraction of sp³-hybridized carbons (Fsp3) is 0.385. The molecule has 4 nitrogen and oxygen atoms in total. The summed E-state index contributed by atoms with van der Waals surface area (Å²) in [5.74, 6) is -0.102. The molecule has 0 aliphatic heterocycles. The van der Waals surface area contributed by atoms with Gasteiger partial charge in [0.2, 0.25) is 5.91 Å². The van der Waals surface area contributed by atoms with E-state index in [1.54, 1.807) is 22.7 Å². The molecule has 0 fully saturated rings. The molecule has 19 heavy (non-hydrogen) atoms. The van der Waals surface area contributed by atoms with Crippen LogP contribution < -0.4 is 5.32 Å². The Balaban J connectivity index is 1.88. The fourth-order valence-corrected chi connectivity index (χ4v) is 3.04. The van der Waals surface area contributed by atoms with Crippen LogP contribution in [0.5, 0.6) is 0 Å². The van der Waals surface area contributed by atoms with E-state index < -0.39 is 6.10 Å². The first-order valence-corrected chi connectivity index (χ1v) is 7.93. The van der Waals surface area contributed by atoms with Crippen molar-refractivity contribution in [3.8, 4) is 10.6 Å². The Hall–Kier alpha value is -1.24. The van der Waals surface area contributed by atoms with Gasteiger partial charge in [0.15, 0.2) is 0 Å². The number of thiophene rings is 1. The van der Waals surface area contributed by atoms with Crippen molar-refractivity contribution >= 4 is 28.6 Å². The highest BCUT2D eigenvalue weighted by atomic mass is 32.1. The highest BCUT2D eigenvalue weighted by Gasteiger charge is 2.10. The average Bonchev–Trinajstić information content (AvgIpc) is 3.06. The van der Waals surface area contributed by atoms with Crippen LogP contribution in [0.4, 0.5) is 0 Å². The van der Waals surface area contributed by atoms with Crippen LogP contribution in [0.1, 0.15) is 19.0 Å². The molecule has 0 aliphatic carbocycles. The van der Waals surface area contributed by atoms with Crippen LogP contribution in [0.2, 0.25) is 0 Å². The van der Waals surface area contributed by atoms with Crippen LogP contribution in [0.25, 0.3) is 10.6 Å². The number of hydrogen-bond donors (Lipinski definition) is 2. The Kier molecular flexibility index (Phi) is 5.07. The van der Waals surface area contributed by atoms with Crippen molar-refractivity contribution in [1.29, 1.82) is 0 Å². The van der Waals surface area contributed by atoms with Gasteiger partial charge in [-0.15, -0.1) is 11.3 Å². The summed E-state index contributed by atoms with van der Waals surface area (Å²) in [5.41, 5.74) is 1.87. The number of aliphatic hydroxyl groups is 1. The van der Waals surface area contributed by atoms with Gasteiger partial charge in [-0.2, -0.15) is 11.3 Å². The second-order valence-electron chi connectivity index (χ2n) is 4.20. The van der Waals surface area contributed by atoms with E-state index in [1.807, 2.05) is 29.1 Å². The van der Waals surface area contributed by atoms with E-state index in [0.29, 0.717) is 13.0 Å². The van der Waals surface area contributed by atoms with E-state index in [-0.39, 0.29) is 12.3 Å². The molecule has 0 radical (unpaired) electrons. The van der Waals surface area contributed by atoms with Crippen LogP contribution in [0.3, 0.4) is 0 Å². The molecule has 1 atom stereocenters. The lowest BCUT2D eigenvalue weighted by Gasteiger charge is -2.08. The van der Waals surface area contributed by atoms with E-state index in [2.05, 4.69) is 10.3 Å². The molecule has 0 bridgehead atoms. The molecular weight excluding hydrogens is 280 g/mol. The number of aromatic nitrogens is 1. The summed E-state index contributed by atoms with van der Waals surface area (Å²) >= 11 is 3.18. The highest BCUT2D eigenvalue weighted by molar-refractivity contribution is 7.14. The van der Waals surface area contributed by atoms with Crippen LogP contribution in [0.15, 0.2) is 22.2 Å². The smallest absolute Gasteiger partial charge is 0.226 e. The zero-order valence-electron chi connectivity index (χ0n) is 10.6. The number of amides is 1. The highest BCUT2D eigenvalue weighted by Crippen LogP contribution is 2.25. The average molecular weight is 296 g/mol. The van der Waals surface area contributed by atoms with Gasteiger partial charge in [0.1, 0.15) is 5.01 Å². The molecule has 0 saturated carbocycles. The molecule has 0 spiro atoms. The minimum Gasteiger partial charge on any atom is -0.391 e. The molecular formula is C13H16N2O2S2. The number of hydrogen-bond acceptors (Lipinski definition) is 5. The van der Waals surface area contributed by atoms with Crippen LogP contribution in [0, 0.1) is 0 Å². The molecule has 102 valence electrons. The largest absolute Gasteiger partial charge is 0.391 e. The van der Waals surface area contributed by atoms with Gasteiger partial charge in [0.25, 0.3) is 0 Å². The Bertz CT molecular complexity index is 522. The third kappa shape index (κ3) is 4.12.